The van der Waals surface area contributed by atoms with Crippen LogP contribution in [-0.4, -0.2) is 17.4 Å². The van der Waals surface area contributed by atoms with Gasteiger partial charge in [-0.3, -0.25) is 14.9 Å². The number of carbonyl (C=O) groups is 1. The smallest absolute Gasteiger partial charge is 0.416 e. The zero-order valence-electron chi connectivity index (χ0n) is 20.7. The van der Waals surface area contributed by atoms with Crippen molar-refractivity contribution >= 4 is 17.3 Å². The Bertz CT molecular complexity index is 1360. The fourth-order valence-electron chi connectivity index (χ4n) is 3.33. The van der Waals surface area contributed by atoms with Gasteiger partial charge in [-0.15, -0.1) is 0 Å². The predicted molar refractivity (Wildman–Crippen MR) is 129 cm³/mol. The highest BCUT2D eigenvalue weighted by atomic mass is 19.4. The van der Waals surface area contributed by atoms with E-state index < -0.39 is 52.4 Å². The first kappa shape index (κ1) is 29.3. The number of halogens is 6. The SMILES string of the molecule is CC(C)(C)c1ccc(Oc2ccc(C(F)(F)F)cc2NC(=O)COc2ccc(C(F)(F)F)cc2[N+](=O)[O-])cc1. The van der Waals surface area contributed by atoms with Gasteiger partial charge in [0.05, 0.1) is 21.7 Å². The minimum absolute atomic E-state index is 0.139. The average Bonchev–Trinajstić information content (AvgIpc) is 2.82. The summed E-state index contributed by atoms with van der Waals surface area (Å²) in [5.41, 5.74) is -2.99. The Morgan fingerprint density at radius 1 is 0.821 bits per heavy atom. The largest absolute Gasteiger partial charge is 0.477 e. The first-order valence-corrected chi connectivity index (χ1v) is 11.2. The highest BCUT2D eigenvalue weighted by Gasteiger charge is 2.34. The van der Waals surface area contributed by atoms with E-state index in [0.717, 1.165) is 17.7 Å². The Morgan fingerprint density at radius 2 is 1.33 bits per heavy atom. The van der Waals surface area contributed by atoms with Crippen LogP contribution in [0.3, 0.4) is 0 Å². The summed E-state index contributed by atoms with van der Waals surface area (Å²) >= 11 is 0. The molecule has 0 aromatic heterocycles. The first-order valence-electron chi connectivity index (χ1n) is 11.2. The molecule has 0 radical (unpaired) electrons. The van der Waals surface area contributed by atoms with Crippen molar-refractivity contribution in [2.45, 2.75) is 38.5 Å². The van der Waals surface area contributed by atoms with Crippen LogP contribution in [0.15, 0.2) is 60.7 Å². The minimum atomic E-state index is -4.85. The summed E-state index contributed by atoms with van der Waals surface area (Å²) in [6.07, 6.45) is -9.60. The molecule has 0 bridgehead atoms. The number of nitrogens with one attached hydrogen (secondary N) is 1. The molecule has 1 amide bonds. The van der Waals surface area contributed by atoms with Gasteiger partial charge in [0, 0.05) is 6.07 Å². The zero-order valence-corrected chi connectivity index (χ0v) is 20.7. The number of nitrogens with zero attached hydrogens (tertiary/aromatic N) is 1. The van der Waals surface area contributed by atoms with E-state index in [4.69, 9.17) is 9.47 Å². The van der Waals surface area contributed by atoms with Gasteiger partial charge in [0.1, 0.15) is 5.75 Å². The lowest BCUT2D eigenvalue weighted by Gasteiger charge is -2.19. The molecular formula is C26H22F6N2O5. The summed E-state index contributed by atoms with van der Waals surface area (Å²) in [6.45, 7) is 5.03. The van der Waals surface area contributed by atoms with Crippen molar-refractivity contribution in [3.63, 3.8) is 0 Å². The van der Waals surface area contributed by atoms with E-state index in [9.17, 15) is 41.3 Å². The highest BCUT2D eigenvalue weighted by molar-refractivity contribution is 5.93. The van der Waals surface area contributed by atoms with Crippen molar-refractivity contribution in [1.82, 2.24) is 0 Å². The Labute approximate surface area is 218 Å². The van der Waals surface area contributed by atoms with Crippen LogP contribution in [0.4, 0.5) is 37.7 Å². The molecule has 0 heterocycles. The van der Waals surface area contributed by atoms with Crippen molar-refractivity contribution in [1.29, 1.82) is 0 Å². The molecule has 0 unspecified atom stereocenters. The van der Waals surface area contributed by atoms with Crippen molar-refractivity contribution in [2.75, 3.05) is 11.9 Å². The number of amides is 1. The number of ether oxygens (including phenoxy) is 2. The third-order valence-electron chi connectivity index (χ3n) is 5.37. The van der Waals surface area contributed by atoms with Crippen LogP contribution in [0.2, 0.25) is 0 Å². The Morgan fingerprint density at radius 3 is 1.85 bits per heavy atom. The van der Waals surface area contributed by atoms with Crippen LogP contribution in [0.1, 0.15) is 37.5 Å². The first-order chi connectivity index (χ1) is 17.9. The van der Waals surface area contributed by atoms with Crippen molar-refractivity contribution in [3.8, 4) is 17.2 Å². The molecule has 3 rings (SSSR count). The number of alkyl halides is 6. The molecule has 39 heavy (non-hydrogen) atoms. The second-order valence-corrected chi connectivity index (χ2v) is 9.36. The topological polar surface area (TPSA) is 90.7 Å². The maximum atomic E-state index is 13.3. The van der Waals surface area contributed by atoms with Gasteiger partial charge in [0.25, 0.3) is 5.91 Å². The molecule has 0 aliphatic heterocycles. The number of hydrogen-bond acceptors (Lipinski definition) is 5. The van der Waals surface area contributed by atoms with E-state index >= 15 is 0 Å². The quantitative estimate of drug-likeness (QED) is 0.183. The maximum Gasteiger partial charge on any atom is 0.416 e. The minimum Gasteiger partial charge on any atom is -0.477 e. The molecule has 0 fully saturated rings. The van der Waals surface area contributed by atoms with Crippen LogP contribution >= 0.6 is 0 Å². The predicted octanol–water partition coefficient (Wildman–Crippen LogP) is 7.74. The standard InChI is InChI=1S/C26H22F6N2O5/c1-24(2,3)15-4-8-18(9-5-15)39-21-10-6-16(25(27,28)29)12-19(21)33-23(35)14-38-22-11-7-17(26(30,31)32)13-20(22)34(36)37/h4-13H,14H2,1-3H3,(H,33,35). The molecule has 3 aromatic rings. The lowest BCUT2D eigenvalue weighted by atomic mass is 9.87. The van der Waals surface area contributed by atoms with Crippen molar-refractivity contribution < 1.29 is 45.5 Å². The third kappa shape index (κ3) is 7.62. The third-order valence-corrected chi connectivity index (χ3v) is 5.37. The molecule has 0 atom stereocenters. The monoisotopic (exact) mass is 556 g/mol. The molecule has 208 valence electrons. The van der Waals surface area contributed by atoms with E-state index in [-0.39, 0.29) is 28.7 Å². The Balaban J connectivity index is 1.82. The Hall–Kier alpha value is -4.29. The van der Waals surface area contributed by atoms with Gasteiger partial charge in [-0.2, -0.15) is 26.3 Å². The van der Waals surface area contributed by atoms with Crippen LogP contribution in [0.5, 0.6) is 17.2 Å². The van der Waals surface area contributed by atoms with Gasteiger partial charge in [-0.1, -0.05) is 32.9 Å². The number of benzene rings is 3. The van der Waals surface area contributed by atoms with Gasteiger partial charge in [-0.25, -0.2) is 0 Å². The van der Waals surface area contributed by atoms with Gasteiger partial charge in [0.2, 0.25) is 0 Å². The summed E-state index contributed by atoms with van der Waals surface area (Å²) in [4.78, 5) is 22.6. The van der Waals surface area contributed by atoms with Gasteiger partial charge < -0.3 is 14.8 Å². The number of hydrogen-bond donors (Lipinski definition) is 1. The maximum absolute atomic E-state index is 13.3. The molecule has 0 aliphatic carbocycles. The molecule has 13 heteroatoms. The number of rotatable bonds is 7. The van der Waals surface area contributed by atoms with Gasteiger partial charge in [-0.05, 0) is 53.4 Å². The Kier molecular flexibility index (Phi) is 8.13. The van der Waals surface area contributed by atoms with E-state index in [1.54, 1.807) is 24.3 Å². The highest BCUT2D eigenvalue weighted by Crippen LogP contribution is 2.38. The van der Waals surface area contributed by atoms with E-state index in [1.807, 2.05) is 20.8 Å². The lowest BCUT2D eigenvalue weighted by molar-refractivity contribution is -0.386. The molecule has 0 saturated carbocycles. The van der Waals surface area contributed by atoms with E-state index in [2.05, 4.69) is 5.32 Å². The van der Waals surface area contributed by atoms with E-state index in [1.165, 1.54) is 0 Å². The number of nitro benzene ring substituents is 1. The summed E-state index contributed by atoms with van der Waals surface area (Å²) < 4.78 is 89.3. The normalized spacial score (nSPS) is 12.1. The van der Waals surface area contributed by atoms with Crippen LogP contribution in [0, 0.1) is 10.1 Å². The fraction of sp³-hybridized carbons (Fsp3) is 0.269. The molecule has 7 nitrogen and oxygen atoms in total. The van der Waals surface area contributed by atoms with Crippen LogP contribution < -0.4 is 14.8 Å². The van der Waals surface area contributed by atoms with Gasteiger partial charge in [0.15, 0.2) is 18.1 Å². The zero-order chi connectivity index (χ0) is 29.2. The second-order valence-electron chi connectivity index (χ2n) is 9.36. The number of anilines is 1. The molecule has 1 N–H and O–H groups in total. The van der Waals surface area contributed by atoms with Crippen molar-refractivity contribution in [3.05, 3.63) is 87.5 Å². The molecule has 0 aliphatic rings. The number of carbonyl (C=O) groups excluding carboxylic acids is 1. The van der Waals surface area contributed by atoms with Crippen LogP contribution in [-0.2, 0) is 22.6 Å². The summed E-state index contributed by atoms with van der Waals surface area (Å²) in [6, 6.07) is 10.6. The second kappa shape index (κ2) is 10.8. The average molecular weight is 556 g/mol. The summed E-state index contributed by atoms with van der Waals surface area (Å²) in [5.74, 6) is -1.55. The number of nitro groups is 1. The van der Waals surface area contributed by atoms with Crippen molar-refractivity contribution in [2.24, 2.45) is 0 Å². The molecular weight excluding hydrogens is 534 g/mol. The van der Waals surface area contributed by atoms with Gasteiger partial charge >= 0.3 is 18.0 Å². The van der Waals surface area contributed by atoms with E-state index in [0.29, 0.717) is 18.2 Å². The van der Waals surface area contributed by atoms with Crippen LogP contribution in [0.25, 0.3) is 0 Å². The molecule has 0 spiro atoms. The summed E-state index contributed by atoms with van der Waals surface area (Å²) in [5, 5.41) is 13.4. The molecule has 0 saturated heterocycles. The summed E-state index contributed by atoms with van der Waals surface area (Å²) in [7, 11) is 0. The lowest BCUT2D eigenvalue weighted by Crippen LogP contribution is -2.21. The molecule has 3 aromatic carbocycles. The fourth-order valence-corrected chi connectivity index (χ4v) is 3.33.